The van der Waals surface area contributed by atoms with Gasteiger partial charge in [-0.05, 0) is 49.9 Å². The van der Waals surface area contributed by atoms with Gasteiger partial charge in [-0.2, -0.15) is 12.6 Å². The molecule has 11 nitrogen and oxygen atoms in total. The number of carboxylic acids is 1. The molecule has 1 aromatic rings. The first-order valence-electron chi connectivity index (χ1n) is 10.1. The second-order valence-corrected chi connectivity index (χ2v) is 7.55. The quantitative estimate of drug-likeness (QED) is 0.119. The van der Waals surface area contributed by atoms with Crippen LogP contribution in [0.5, 0.6) is 5.75 Å². The average Bonchev–Trinajstić information content (AvgIpc) is 2.76. The zero-order valence-corrected chi connectivity index (χ0v) is 18.5. The third-order valence-corrected chi connectivity index (χ3v) is 4.91. The lowest BCUT2D eigenvalue weighted by Crippen LogP contribution is -2.54. The maximum absolute atomic E-state index is 12.3. The third-order valence-electron chi connectivity index (χ3n) is 4.55. The predicted molar refractivity (Wildman–Crippen MR) is 121 cm³/mol. The molecule has 3 amide bonds. The first-order chi connectivity index (χ1) is 15.2. The van der Waals surface area contributed by atoms with Crippen LogP contribution in [0.3, 0.4) is 0 Å². The van der Waals surface area contributed by atoms with Gasteiger partial charge < -0.3 is 37.6 Å². The first kappa shape index (κ1) is 27.2. The molecule has 3 atom stereocenters. The Morgan fingerprint density at radius 3 is 2.22 bits per heavy atom. The summed E-state index contributed by atoms with van der Waals surface area (Å²) in [4.78, 5) is 47.9. The van der Waals surface area contributed by atoms with Gasteiger partial charge in [0.1, 0.15) is 17.8 Å². The van der Waals surface area contributed by atoms with Crippen LogP contribution in [-0.2, 0) is 25.6 Å². The number of nitrogens with one attached hydrogen (secondary N) is 3. The highest BCUT2D eigenvalue weighted by Crippen LogP contribution is 2.10. The maximum atomic E-state index is 12.3. The number of nitrogens with two attached hydrogens (primary N) is 2. The highest BCUT2D eigenvalue weighted by Gasteiger charge is 2.25. The van der Waals surface area contributed by atoms with Crippen LogP contribution in [0.1, 0.15) is 24.8 Å². The van der Waals surface area contributed by atoms with Crippen molar-refractivity contribution >= 4 is 36.3 Å². The first-order valence-corrected chi connectivity index (χ1v) is 10.8. The van der Waals surface area contributed by atoms with E-state index in [9.17, 15) is 29.4 Å². The molecule has 1 rings (SSSR count). The molecule has 0 aromatic heterocycles. The lowest BCUT2D eigenvalue weighted by molar-refractivity contribution is -0.142. The van der Waals surface area contributed by atoms with E-state index >= 15 is 0 Å². The van der Waals surface area contributed by atoms with Crippen molar-refractivity contribution in [1.29, 1.82) is 0 Å². The van der Waals surface area contributed by atoms with Crippen LogP contribution in [0.25, 0.3) is 0 Å². The van der Waals surface area contributed by atoms with Crippen molar-refractivity contribution in [2.75, 3.05) is 18.8 Å². The SMILES string of the molecule is NCCCCC(NC(=O)C(CS)NC(=O)CNC(=O)C(N)Cc1ccc(O)cc1)C(=O)O. The fourth-order valence-electron chi connectivity index (χ4n) is 2.74. The van der Waals surface area contributed by atoms with Crippen LogP contribution < -0.4 is 27.4 Å². The number of thiol groups is 1. The van der Waals surface area contributed by atoms with Crippen LogP contribution in [0.15, 0.2) is 24.3 Å². The third kappa shape index (κ3) is 9.98. The minimum atomic E-state index is -1.19. The Morgan fingerprint density at radius 2 is 1.66 bits per heavy atom. The van der Waals surface area contributed by atoms with Gasteiger partial charge in [-0.3, -0.25) is 14.4 Å². The van der Waals surface area contributed by atoms with Gasteiger partial charge in [0.25, 0.3) is 0 Å². The lowest BCUT2D eigenvalue weighted by atomic mass is 10.1. The average molecular weight is 470 g/mol. The number of phenols is 1. The van der Waals surface area contributed by atoms with Crippen LogP contribution in [0.4, 0.5) is 0 Å². The summed E-state index contributed by atoms with van der Waals surface area (Å²) in [6, 6.07) is 3.11. The maximum Gasteiger partial charge on any atom is 0.326 e. The standard InChI is InChI=1S/C20H31N5O6S/c21-8-2-1-3-15(20(30)31)25-19(29)16(11-32)24-17(27)10-23-18(28)14(22)9-12-4-6-13(26)7-5-12/h4-7,14-16,26,32H,1-3,8-11,21-22H2,(H,23,28)(H,24,27)(H,25,29)(H,30,31). The van der Waals surface area contributed by atoms with Gasteiger partial charge in [0.05, 0.1) is 12.6 Å². The monoisotopic (exact) mass is 469 g/mol. The summed E-state index contributed by atoms with van der Waals surface area (Å²) < 4.78 is 0. The molecule has 0 aliphatic heterocycles. The van der Waals surface area contributed by atoms with Crippen molar-refractivity contribution < 1.29 is 29.4 Å². The fourth-order valence-corrected chi connectivity index (χ4v) is 3.00. The minimum Gasteiger partial charge on any atom is -0.508 e. The van der Waals surface area contributed by atoms with Gasteiger partial charge in [0, 0.05) is 5.75 Å². The number of carbonyl (C=O) groups excluding carboxylic acids is 3. The minimum absolute atomic E-state index is 0.0684. The largest absolute Gasteiger partial charge is 0.508 e. The van der Waals surface area contributed by atoms with Gasteiger partial charge in [-0.15, -0.1) is 0 Å². The number of benzene rings is 1. The van der Waals surface area contributed by atoms with Gasteiger partial charge >= 0.3 is 5.97 Å². The molecule has 1 aromatic carbocycles. The van der Waals surface area contributed by atoms with E-state index in [4.69, 9.17) is 11.5 Å². The van der Waals surface area contributed by atoms with Crippen molar-refractivity contribution in [2.45, 2.75) is 43.8 Å². The molecule has 178 valence electrons. The predicted octanol–water partition coefficient (Wildman–Crippen LogP) is -1.51. The van der Waals surface area contributed by atoms with E-state index in [1.54, 1.807) is 12.1 Å². The zero-order valence-electron chi connectivity index (χ0n) is 17.6. The van der Waals surface area contributed by atoms with Crippen LogP contribution in [-0.4, -0.2) is 70.9 Å². The summed E-state index contributed by atoms with van der Waals surface area (Å²) in [7, 11) is 0. The van der Waals surface area contributed by atoms with Gasteiger partial charge in [0.2, 0.25) is 17.7 Å². The van der Waals surface area contributed by atoms with Gasteiger partial charge in [-0.25, -0.2) is 4.79 Å². The number of hydrogen-bond acceptors (Lipinski definition) is 8. The molecule has 0 fully saturated rings. The van der Waals surface area contributed by atoms with E-state index in [1.165, 1.54) is 12.1 Å². The Hall–Kier alpha value is -2.83. The van der Waals surface area contributed by atoms with Gasteiger partial charge in [-0.1, -0.05) is 12.1 Å². The fraction of sp³-hybridized carbons (Fsp3) is 0.500. The molecule has 0 aliphatic carbocycles. The summed E-state index contributed by atoms with van der Waals surface area (Å²) >= 11 is 4.03. The number of aromatic hydroxyl groups is 1. The smallest absolute Gasteiger partial charge is 0.326 e. The molecule has 0 radical (unpaired) electrons. The normalized spacial score (nSPS) is 13.5. The van der Waals surface area contributed by atoms with E-state index in [0.29, 0.717) is 19.4 Å². The van der Waals surface area contributed by atoms with Crippen molar-refractivity contribution in [3.05, 3.63) is 29.8 Å². The summed E-state index contributed by atoms with van der Waals surface area (Å²) in [6.45, 7) is -0.00154. The Labute approximate surface area is 191 Å². The van der Waals surface area contributed by atoms with E-state index in [0.717, 1.165) is 5.56 Å². The number of phenolic OH excluding ortho intramolecular Hbond substituents is 1. The summed E-state index contributed by atoms with van der Waals surface area (Å²) in [6.07, 6.45) is 1.57. The summed E-state index contributed by atoms with van der Waals surface area (Å²) in [5, 5.41) is 25.7. The van der Waals surface area contributed by atoms with Crippen LogP contribution >= 0.6 is 12.6 Å². The number of hydrogen-bond donors (Lipinski definition) is 8. The Bertz CT molecular complexity index is 776. The second-order valence-electron chi connectivity index (χ2n) is 7.18. The molecule has 3 unspecified atom stereocenters. The molecule has 32 heavy (non-hydrogen) atoms. The molecule has 0 saturated heterocycles. The number of carbonyl (C=O) groups is 4. The van der Waals surface area contributed by atoms with Crippen LogP contribution in [0, 0.1) is 0 Å². The summed E-state index contributed by atoms with van der Waals surface area (Å²) in [5.41, 5.74) is 12.0. The molecule has 0 spiro atoms. The second kappa shape index (κ2) is 14.3. The Morgan fingerprint density at radius 1 is 1.00 bits per heavy atom. The molecule has 9 N–H and O–H groups in total. The molecule has 12 heteroatoms. The number of carboxylic acid groups (broad SMARTS) is 1. The van der Waals surface area contributed by atoms with Crippen molar-refractivity contribution in [1.82, 2.24) is 16.0 Å². The van der Waals surface area contributed by atoms with Gasteiger partial charge in [0.15, 0.2) is 0 Å². The Kier molecular flexibility index (Phi) is 12.1. The Balaban J connectivity index is 2.50. The molecule has 0 heterocycles. The van der Waals surface area contributed by atoms with Crippen molar-refractivity contribution in [2.24, 2.45) is 11.5 Å². The zero-order chi connectivity index (χ0) is 24.1. The molecule has 0 saturated carbocycles. The van der Waals surface area contributed by atoms with Crippen molar-refractivity contribution in [3.8, 4) is 5.75 Å². The number of unbranched alkanes of at least 4 members (excludes halogenated alkanes) is 1. The van der Waals surface area contributed by atoms with Crippen molar-refractivity contribution in [3.63, 3.8) is 0 Å². The van der Waals surface area contributed by atoms with E-state index in [2.05, 4.69) is 28.6 Å². The number of rotatable bonds is 14. The highest BCUT2D eigenvalue weighted by molar-refractivity contribution is 7.80. The van der Waals surface area contributed by atoms with E-state index in [-0.39, 0.29) is 24.3 Å². The highest BCUT2D eigenvalue weighted by atomic mass is 32.1. The number of aliphatic carboxylic acids is 1. The molecule has 0 bridgehead atoms. The van der Waals surface area contributed by atoms with Crippen LogP contribution in [0.2, 0.25) is 0 Å². The topological polar surface area (TPSA) is 197 Å². The van der Waals surface area contributed by atoms with E-state index < -0.39 is 48.4 Å². The molecular weight excluding hydrogens is 438 g/mol. The molecular formula is C20H31N5O6S. The lowest BCUT2D eigenvalue weighted by Gasteiger charge is -2.20. The number of amides is 3. The summed E-state index contributed by atoms with van der Waals surface area (Å²) in [5.74, 6) is -3.07. The molecule has 0 aliphatic rings. The van der Waals surface area contributed by atoms with E-state index in [1.807, 2.05) is 0 Å².